The van der Waals surface area contributed by atoms with Crippen LogP contribution in [0, 0.1) is 0 Å². The number of likely N-dealkylation sites (N-methyl/N-ethyl adjacent to an activating group) is 1. The van der Waals surface area contributed by atoms with E-state index in [1.54, 1.807) is 9.58 Å². The van der Waals surface area contributed by atoms with Crippen molar-refractivity contribution in [2.75, 3.05) is 13.6 Å². The van der Waals surface area contributed by atoms with Crippen molar-refractivity contribution in [3.63, 3.8) is 0 Å². The maximum atomic E-state index is 12.5. The molecule has 0 aliphatic carbocycles. The molecule has 1 N–H and O–H groups in total. The van der Waals surface area contributed by atoms with Crippen molar-refractivity contribution in [2.24, 2.45) is 7.05 Å². The van der Waals surface area contributed by atoms with Gasteiger partial charge in [-0.2, -0.15) is 5.10 Å². The van der Waals surface area contributed by atoms with E-state index in [0.717, 1.165) is 31.4 Å². The third-order valence-corrected chi connectivity index (χ3v) is 3.78. The van der Waals surface area contributed by atoms with Crippen molar-refractivity contribution in [3.05, 3.63) is 18.0 Å². The third kappa shape index (κ3) is 3.87. The van der Waals surface area contributed by atoms with Gasteiger partial charge in [0.25, 0.3) is 0 Å². The molecule has 20 heavy (non-hydrogen) atoms. The zero-order valence-corrected chi connectivity index (χ0v) is 13.9. The van der Waals surface area contributed by atoms with Gasteiger partial charge in [-0.05, 0) is 25.8 Å². The molecule has 1 aromatic heterocycles. The minimum atomic E-state index is -0.336. The van der Waals surface area contributed by atoms with Crippen LogP contribution in [0.15, 0.2) is 12.4 Å². The molecule has 1 aliphatic heterocycles. The minimum absolute atomic E-state index is 0. The van der Waals surface area contributed by atoms with E-state index in [-0.39, 0.29) is 36.3 Å². The summed E-state index contributed by atoms with van der Waals surface area (Å²) in [6.07, 6.45) is 6.64. The second-order valence-corrected chi connectivity index (χ2v) is 5.15. The van der Waals surface area contributed by atoms with Gasteiger partial charge in [0.2, 0.25) is 5.91 Å². The van der Waals surface area contributed by atoms with Crippen molar-refractivity contribution in [2.45, 2.75) is 38.3 Å². The van der Waals surface area contributed by atoms with Gasteiger partial charge < -0.3 is 10.2 Å². The van der Waals surface area contributed by atoms with Crippen molar-refractivity contribution >= 4 is 30.7 Å². The SMILES string of the molecule is CCC1(C(=O)N(C)Cc2cnn(C)c2)CCCN1.Cl.Cl. The van der Waals surface area contributed by atoms with Crippen molar-refractivity contribution in [3.8, 4) is 0 Å². The molecule has 2 heterocycles. The number of hydrogen-bond acceptors (Lipinski definition) is 3. The monoisotopic (exact) mass is 322 g/mol. The number of rotatable bonds is 4. The highest BCUT2D eigenvalue weighted by Gasteiger charge is 2.40. The maximum absolute atomic E-state index is 12.5. The number of amides is 1. The van der Waals surface area contributed by atoms with Gasteiger partial charge in [-0.25, -0.2) is 0 Å². The molecule has 1 amide bonds. The smallest absolute Gasteiger partial charge is 0.242 e. The highest BCUT2D eigenvalue weighted by atomic mass is 35.5. The molecule has 1 unspecified atom stereocenters. The van der Waals surface area contributed by atoms with Gasteiger partial charge in [0, 0.05) is 32.4 Å². The number of nitrogens with zero attached hydrogens (tertiary/aromatic N) is 3. The third-order valence-electron chi connectivity index (χ3n) is 3.78. The quantitative estimate of drug-likeness (QED) is 0.918. The van der Waals surface area contributed by atoms with Crippen LogP contribution in [0.4, 0.5) is 0 Å². The second kappa shape index (κ2) is 7.86. The van der Waals surface area contributed by atoms with Crippen LogP contribution in [-0.4, -0.2) is 39.7 Å². The average molecular weight is 323 g/mol. The van der Waals surface area contributed by atoms with Crippen LogP contribution >= 0.6 is 24.8 Å². The normalized spacial score (nSPS) is 20.9. The molecule has 1 saturated heterocycles. The number of nitrogens with one attached hydrogen (secondary N) is 1. The Morgan fingerprint density at radius 1 is 1.55 bits per heavy atom. The van der Waals surface area contributed by atoms with E-state index in [0.29, 0.717) is 6.54 Å². The summed E-state index contributed by atoms with van der Waals surface area (Å²) in [5, 5.41) is 7.51. The van der Waals surface area contributed by atoms with Crippen LogP contribution in [0.25, 0.3) is 0 Å². The molecule has 0 spiro atoms. The Morgan fingerprint density at radius 3 is 2.70 bits per heavy atom. The van der Waals surface area contributed by atoms with E-state index in [9.17, 15) is 4.79 Å². The first-order valence-electron chi connectivity index (χ1n) is 6.55. The molecule has 2 rings (SSSR count). The molecule has 1 aliphatic rings. The fraction of sp³-hybridized carbons (Fsp3) is 0.692. The van der Waals surface area contributed by atoms with Gasteiger partial charge in [0.1, 0.15) is 0 Å². The van der Waals surface area contributed by atoms with Gasteiger partial charge in [-0.1, -0.05) is 6.92 Å². The Bertz CT molecular complexity index is 430. The standard InChI is InChI=1S/C13H22N4O.2ClH/c1-4-13(6-5-7-14-13)12(18)16(2)9-11-8-15-17(3)10-11;;/h8,10,14H,4-7,9H2,1-3H3;2*1H. The zero-order chi connectivity index (χ0) is 13.2. The maximum Gasteiger partial charge on any atom is 0.242 e. The fourth-order valence-electron chi connectivity index (χ4n) is 2.71. The van der Waals surface area contributed by atoms with Crippen LogP contribution < -0.4 is 5.32 Å². The Morgan fingerprint density at radius 2 is 2.25 bits per heavy atom. The van der Waals surface area contributed by atoms with Crippen LogP contribution in [-0.2, 0) is 18.4 Å². The molecule has 5 nitrogen and oxygen atoms in total. The lowest BCUT2D eigenvalue weighted by molar-refractivity contribution is -0.137. The number of hydrogen-bond donors (Lipinski definition) is 1. The first-order valence-corrected chi connectivity index (χ1v) is 6.55. The Balaban J connectivity index is 0.00000180. The van der Waals surface area contributed by atoms with Crippen LogP contribution in [0.5, 0.6) is 0 Å². The van der Waals surface area contributed by atoms with E-state index in [1.807, 2.05) is 26.5 Å². The average Bonchev–Trinajstić information content (AvgIpc) is 2.98. The molecule has 1 atom stereocenters. The van der Waals surface area contributed by atoms with E-state index in [4.69, 9.17) is 0 Å². The van der Waals surface area contributed by atoms with E-state index in [2.05, 4.69) is 17.3 Å². The lowest BCUT2D eigenvalue weighted by Crippen LogP contribution is -2.53. The van der Waals surface area contributed by atoms with E-state index in [1.165, 1.54) is 0 Å². The Kier molecular flexibility index (Phi) is 7.55. The zero-order valence-electron chi connectivity index (χ0n) is 12.3. The lowest BCUT2D eigenvalue weighted by Gasteiger charge is -2.31. The first kappa shape index (κ1) is 19.2. The second-order valence-electron chi connectivity index (χ2n) is 5.15. The Hall–Kier alpha value is -0.780. The summed E-state index contributed by atoms with van der Waals surface area (Å²) in [7, 11) is 3.75. The van der Waals surface area contributed by atoms with Crippen molar-refractivity contribution in [1.82, 2.24) is 20.0 Å². The molecule has 1 fully saturated rings. The summed E-state index contributed by atoms with van der Waals surface area (Å²) in [6.45, 7) is 3.64. The van der Waals surface area contributed by atoms with Crippen molar-refractivity contribution in [1.29, 1.82) is 0 Å². The molecule has 0 aromatic carbocycles. The number of carbonyl (C=O) groups excluding carboxylic acids is 1. The number of carbonyl (C=O) groups is 1. The van der Waals surface area contributed by atoms with Gasteiger partial charge >= 0.3 is 0 Å². The largest absolute Gasteiger partial charge is 0.340 e. The highest BCUT2D eigenvalue weighted by molar-refractivity contribution is 5.86. The summed E-state index contributed by atoms with van der Waals surface area (Å²) in [4.78, 5) is 14.4. The van der Waals surface area contributed by atoms with Crippen LogP contribution in [0.2, 0.25) is 0 Å². The number of aromatic nitrogens is 2. The predicted molar refractivity (Wildman–Crippen MR) is 84.4 cm³/mol. The van der Waals surface area contributed by atoms with Crippen LogP contribution in [0.3, 0.4) is 0 Å². The molecule has 7 heteroatoms. The van der Waals surface area contributed by atoms with E-state index < -0.39 is 0 Å². The molecule has 0 saturated carbocycles. The lowest BCUT2D eigenvalue weighted by atomic mass is 9.92. The molecule has 116 valence electrons. The Labute approximate surface area is 132 Å². The highest BCUT2D eigenvalue weighted by Crippen LogP contribution is 2.25. The van der Waals surface area contributed by atoms with Gasteiger partial charge in [0.15, 0.2) is 0 Å². The predicted octanol–water partition coefficient (Wildman–Crippen LogP) is 1.75. The summed E-state index contributed by atoms with van der Waals surface area (Å²) < 4.78 is 1.76. The van der Waals surface area contributed by atoms with Crippen LogP contribution in [0.1, 0.15) is 31.7 Å². The topological polar surface area (TPSA) is 50.2 Å². The molecule has 0 radical (unpaired) electrons. The van der Waals surface area contributed by atoms with Gasteiger partial charge in [-0.3, -0.25) is 9.48 Å². The molecular formula is C13H24Cl2N4O. The molecule has 1 aromatic rings. The summed E-state index contributed by atoms with van der Waals surface area (Å²) in [6, 6.07) is 0. The molecular weight excluding hydrogens is 299 g/mol. The number of aryl methyl sites for hydroxylation is 1. The first-order chi connectivity index (χ1) is 8.57. The number of halogens is 2. The van der Waals surface area contributed by atoms with E-state index >= 15 is 0 Å². The van der Waals surface area contributed by atoms with Gasteiger partial charge in [0.05, 0.1) is 11.7 Å². The summed E-state index contributed by atoms with van der Waals surface area (Å²) >= 11 is 0. The minimum Gasteiger partial charge on any atom is -0.340 e. The van der Waals surface area contributed by atoms with Crippen molar-refractivity contribution < 1.29 is 4.79 Å². The molecule has 0 bridgehead atoms. The van der Waals surface area contributed by atoms with Gasteiger partial charge in [-0.15, -0.1) is 24.8 Å². The summed E-state index contributed by atoms with van der Waals surface area (Å²) in [5.74, 6) is 0.200. The fourth-order valence-corrected chi connectivity index (χ4v) is 2.71. The summed E-state index contributed by atoms with van der Waals surface area (Å²) in [5.41, 5.74) is 0.731.